The summed E-state index contributed by atoms with van der Waals surface area (Å²) in [6.45, 7) is 0. The summed E-state index contributed by atoms with van der Waals surface area (Å²) in [7, 11) is 0. The molecule has 0 saturated heterocycles. The number of carbonyl (C=O) groups is 3. The Morgan fingerprint density at radius 1 is 1.03 bits per heavy atom. The van der Waals surface area contributed by atoms with Crippen LogP contribution in [0.4, 0.5) is 14.5 Å². The number of aromatic amines is 1. The van der Waals surface area contributed by atoms with Crippen LogP contribution in [0.3, 0.4) is 0 Å². The van der Waals surface area contributed by atoms with Crippen molar-refractivity contribution in [1.29, 1.82) is 0 Å². The zero-order chi connectivity index (χ0) is 24.0. The topological polar surface area (TPSA) is 99.3 Å². The summed E-state index contributed by atoms with van der Waals surface area (Å²) in [6, 6.07) is 8.25. The first-order chi connectivity index (χ1) is 16.3. The first kappa shape index (κ1) is 21.8. The second-order valence-corrected chi connectivity index (χ2v) is 8.47. The fourth-order valence-electron chi connectivity index (χ4n) is 4.69. The van der Waals surface area contributed by atoms with Gasteiger partial charge in [-0.1, -0.05) is 12.1 Å². The number of hydrogen-bond acceptors (Lipinski definition) is 3. The molecule has 1 aliphatic carbocycles. The predicted molar refractivity (Wildman–Crippen MR) is 122 cm³/mol. The number of nitrogens with one attached hydrogen (secondary N) is 2. The van der Waals surface area contributed by atoms with Crippen LogP contribution in [-0.4, -0.2) is 27.8 Å². The Morgan fingerprint density at radius 3 is 2.53 bits per heavy atom. The molecule has 0 bridgehead atoms. The van der Waals surface area contributed by atoms with E-state index in [1.165, 1.54) is 12.1 Å². The molecule has 3 N–H and O–H groups in total. The van der Waals surface area contributed by atoms with Crippen LogP contribution in [0.1, 0.15) is 52.1 Å². The van der Waals surface area contributed by atoms with Crippen LogP contribution < -0.4 is 5.32 Å². The second kappa shape index (κ2) is 8.37. The fourth-order valence-corrected chi connectivity index (χ4v) is 4.69. The first-order valence-electron chi connectivity index (χ1n) is 10.9. The average Bonchev–Trinajstić information content (AvgIpc) is 3.29. The molecule has 0 saturated carbocycles. The molecule has 0 spiro atoms. The monoisotopic (exact) mass is 462 g/mol. The van der Waals surface area contributed by atoms with E-state index in [0.717, 1.165) is 11.8 Å². The number of aliphatic carboxylic acids is 1. The van der Waals surface area contributed by atoms with Crippen molar-refractivity contribution >= 4 is 35.0 Å². The van der Waals surface area contributed by atoms with Crippen LogP contribution >= 0.6 is 0 Å². The van der Waals surface area contributed by atoms with Gasteiger partial charge in [-0.25, -0.2) is 8.78 Å². The lowest BCUT2D eigenvalue weighted by molar-refractivity contribution is -0.137. The second-order valence-electron chi connectivity index (χ2n) is 8.47. The first-order valence-corrected chi connectivity index (χ1v) is 10.9. The summed E-state index contributed by atoms with van der Waals surface area (Å²) in [5.74, 6) is -2.74. The average molecular weight is 462 g/mol. The number of H-pyrrole nitrogens is 1. The third-order valence-corrected chi connectivity index (χ3v) is 6.20. The van der Waals surface area contributed by atoms with Gasteiger partial charge in [-0.05, 0) is 60.2 Å². The number of halogens is 2. The molecule has 2 aliphatic rings. The lowest BCUT2D eigenvalue weighted by Gasteiger charge is -2.11. The minimum atomic E-state index is -0.970. The Morgan fingerprint density at radius 2 is 1.79 bits per heavy atom. The molecular weight excluding hydrogens is 442 g/mol. The summed E-state index contributed by atoms with van der Waals surface area (Å²) in [5, 5.41) is 11.9. The van der Waals surface area contributed by atoms with Gasteiger partial charge in [-0.15, -0.1) is 0 Å². The fraction of sp³-hybridized carbons (Fsp3) is 0.192. The van der Waals surface area contributed by atoms with Gasteiger partial charge < -0.3 is 15.4 Å². The van der Waals surface area contributed by atoms with Gasteiger partial charge in [0.05, 0.1) is 5.57 Å². The smallest absolute Gasteiger partial charge is 0.303 e. The number of hydrogen-bond donors (Lipinski definition) is 3. The zero-order valence-corrected chi connectivity index (χ0v) is 18.0. The standard InChI is InChI=1S/C26H20F2N2O4/c27-15-8-14(9-16(28)11-15)13-4-5-17-19(26(34)30-21(17)10-13)12-22-18(6-7-24(32)33)25-20(29-22)2-1-3-23(25)31/h4-5,8-12,29H,1-3,6-7H2,(H,30,34)(H,32,33). The molecule has 5 rings (SSSR count). The number of ketones is 1. The molecular formula is C26H20F2N2O4. The Balaban J connectivity index is 1.56. The van der Waals surface area contributed by atoms with Crippen LogP contribution in [-0.2, 0) is 22.4 Å². The van der Waals surface area contributed by atoms with E-state index in [1.54, 1.807) is 24.3 Å². The van der Waals surface area contributed by atoms with Crippen molar-refractivity contribution in [2.75, 3.05) is 5.32 Å². The van der Waals surface area contributed by atoms with Crippen molar-refractivity contribution in [3.8, 4) is 11.1 Å². The third-order valence-electron chi connectivity index (χ3n) is 6.20. The molecule has 1 amide bonds. The van der Waals surface area contributed by atoms with Gasteiger partial charge in [0.1, 0.15) is 11.6 Å². The number of carboxylic acid groups (broad SMARTS) is 1. The Labute approximate surface area is 193 Å². The minimum Gasteiger partial charge on any atom is -0.481 e. The largest absolute Gasteiger partial charge is 0.481 e. The normalized spacial score (nSPS) is 15.9. The lowest BCUT2D eigenvalue weighted by atomic mass is 9.91. The number of rotatable bonds is 5. The van der Waals surface area contributed by atoms with E-state index in [-0.39, 0.29) is 24.5 Å². The van der Waals surface area contributed by atoms with Gasteiger partial charge in [-0.3, -0.25) is 14.4 Å². The van der Waals surface area contributed by atoms with E-state index < -0.39 is 17.6 Å². The summed E-state index contributed by atoms with van der Waals surface area (Å²) >= 11 is 0. The molecule has 8 heteroatoms. The Hall–Kier alpha value is -4.07. The maximum atomic E-state index is 13.6. The predicted octanol–water partition coefficient (Wildman–Crippen LogP) is 4.99. The molecule has 2 heterocycles. The van der Waals surface area contributed by atoms with Gasteiger partial charge in [0.25, 0.3) is 5.91 Å². The number of amides is 1. The molecule has 34 heavy (non-hydrogen) atoms. The van der Waals surface area contributed by atoms with Gasteiger partial charge >= 0.3 is 5.97 Å². The number of aromatic nitrogens is 1. The van der Waals surface area contributed by atoms with Crippen molar-refractivity contribution in [3.05, 3.63) is 76.1 Å². The number of benzene rings is 2. The van der Waals surface area contributed by atoms with Gasteiger partial charge in [0.15, 0.2) is 5.78 Å². The molecule has 6 nitrogen and oxygen atoms in total. The molecule has 0 unspecified atom stereocenters. The van der Waals surface area contributed by atoms with Crippen LogP contribution in [0, 0.1) is 11.6 Å². The van der Waals surface area contributed by atoms with Gasteiger partial charge in [0.2, 0.25) is 0 Å². The van der Waals surface area contributed by atoms with Crippen molar-refractivity contribution in [3.63, 3.8) is 0 Å². The van der Waals surface area contributed by atoms with E-state index >= 15 is 0 Å². The van der Waals surface area contributed by atoms with E-state index in [2.05, 4.69) is 10.3 Å². The number of aryl methyl sites for hydroxylation is 1. The van der Waals surface area contributed by atoms with Crippen LogP contribution in [0.2, 0.25) is 0 Å². The van der Waals surface area contributed by atoms with E-state index in [1.807, 2.05) is 0 Å². The van der Waals surface area contributed by atoms with E-state index in [9.17, 15) is 23.2 Å². The third kappa shape index (κ3) is 3.91. The van der Waals surface area contributed by atoms with Crippen LogP contribution in [0.15, 0.2) is 36.4 Å². The molecule has 2 aromatic carbocycles. The highest BCUT2D eigenvalue weighted by atomic mass is 19.1. The number of fused-ring (bicyclic) bond motifs is 2. The molecule has 1 aliphatic heterocycles. The molecule has 0 radical (unpaired) electrons. The number of carboxylic acids is 1. The highest BCUT2D eigenvalue weighted by Gasteiger charge is 2.29. The van der Waals surface area contributed by atoms with E-state index in [0.29, 0.717) is 64.0 Å². The van der Waals surface area contributed by atoms with Crippen molar-refractivity contribution < 1.29 is 28.3 Å². The quantitative estimate of drug-likeness (QED) is 0.465. The summed E-state index contributed by atoms with van der Waals surface area (Å²) in [6.07, 6.45) is 3.49. The van der Waals surface area contributed by atoms with Crippen molar-refractivity contribution in [2.24, 2.45) is 0 Å². The Bertz CT molecular complexity index is 1380. The molecule has 1 aromatic heterocycles. The maximum Gasteiger partial charge on any atom is 0.303 e. The Kier molecular flexibility index (Phi) is 5.36. The van der Waals surface area contributed by atoms with Crippen molar-refractivity contribution in [1.82, 2.24) is 4.98 Å². The SMILES string of the molecule is O=C(O)CCc1c(C=C2C(=O)Nc3cc(-c4cc(F)cc(F)c4)ccc32)[nH]c2c1C(=O)CCC2. The molecule has 172 valence electrons. The van der Waals surface area contributed by atoms with E-state index in [4.69, 9.17) is 5.11 Å². The van der Waals surface area contributed by atoms with Gasteiger partial charge in [0, 0.05) is 47.1 Å². The highest BCUT2D eigenvalue weighted by Crippen LogP contribution is 2.38. The van der Waals surface area contributed by atoms with Crippen LogP contribution in [0.25, 0.3) is 22.8 Å². The molecule has 0 fully saturated rings. The maximum absolute atomic E-state index is 13.6. The number of Topliss-reactive ketones (excluding diaryl/α,β-unsaturated/α-hetero) is 1. The number of carbonyl (C=O) groups excluding carboxylic acids is 2. The molecule has 3 aromatic rings. The minimum absolute atomic E-state index is 0.0224. The van der Waals surface area contributed by atoms with Gasteiger partial charge in [-0.2, -0.15) is 0 Å². The van der Waals surface area contributed by atoms with Crippen molar-refractivity contribution in [2.45, 2.75) is 32.1 Å². The zero-order valence-electron chi connectivity index (χ0n) is 18.0. The summed E-state index contributed by atoms with van der Waals surface area (Å²) in [4.78, 5) is 39.8. The molecule has 0 atom stereocenters. The lowest BCUT2D eigenvalue weighted by Crippen LogP contribution is -2.11. The number of anilines is 1. The highest BCUT2D eigenvalue weighted by molar-refractivity contribution is 6.35. The summed E-state index contributed by atoms with van der Waals surface area (Å²) < 4.78 is 27.3. The van der Waals surface area contributed by atoms with Crippen LogP contribution in [0.5, 0.6) is 0 Å². The summed E-state index contributed by atoms with van der Waals surface area (Å²) in [5.41, 5.74) is 4.83.